The van der Waals surface area contributed by atoms with E-state index >= 15 is 0 Å². The van der Waals surface area contributed by atoms with Crippen molar-refractivity contribution in [1.82, 2.24) is 5.32 Å². The smallest absolute Gasteiger partial charge is 0.408 e. The highest BCUT2D eigenvalue weighted by molar-refractivity contribution is 5.85. The second-order valence-electron chi connectivity index (χ2n) is 5.60. The highest BCUT2D eigenvalue weighted by Crippen LogP contribution is 2.02. The molecule has 0 saturated heterocycles. The van der Waals surface area contributed by atoms with E-state index < -0.39 is 48.5 Å². The van der Waals surface area contributed by atoms with E-state index in [1.54, 1.807) is 24.3 Å². The van der Waals surface area contributed by atoms with Crippen LogP contribution in [0.5, 0.6) is 0 Å². The van der Waals surface area contributed by atoms with Gasteiger partial charge in [-0.05, 0) is 5.56 Å². The number of hydrogen-bond acceptors (Lipinski definition) is 9. The van der Waals surface area contributed by atoms with E-state index in [9.17, 15) is 24.0 Å². The minimum atomic E-state index is -1.38. The number of carboxylic acids is 2. The highest BCUT2D eigenvalue weighted by atomic mass is 35.5. The molecule has 0 aliphatic heterocycles. The van der Waals surface area contributed by atoms with Gasteiger partial charge in [0.05, 0.1) is 27.1 Å². The molecule has 2 atom stereocenters. The van der Waals surface area contributed by atoms with Crippen LogP contribution in [0.1, 0.15) is 18.4 Å². The number of alkyl carbamates (subject to hydrolysis) is 1. The summed E-state index contributed by atoms with van der Waals surface area (Å²) in [4.78, 5) is 53.7. The Morgan fingerprint density at radius 3 is 1.90 bits per heavy atom. The first-order valence-electron chi connectivity index (χ1n) is 8.42. The first-order chi connectivity index (χ1) is 14.1. The molecule has 0 heterocycles. The fraction of sp³-hybridized carbons (Fsp3) is 0.389. The molecule has 31 heavy (non-hydrogen) atoms. The molecule has 0 aromatic heterocycles. The molecule has 1 aromatic carbocycles. The minimum Gasteiger partial charge on any atom is -0.480 e. The standard InChI is InChI=1S/C13H15NO6.C5H9NO4.ClH/c1-19-11(15)7-10(12(16)17)14-13(18)20-8-9-5-3-2-4-6-9;1-10-4(7)2-3(6)5(8)9;/h2-6,10H,7-8H2,1H3,(H,14,18)(H,16,17);3H,2,6H2,1H3,(H,8,9);1H/t10-;3-;/m00./s1. The number of nitrogens with two attached hydrogens (primary N) is 1. The lowest BCUT2D eigenvalue weighted by molar-refractivity contribution is -0.147. The number of carboxylic acid groups (broad SMARTS) is 2. The monoisotopic (exact) mass is 464 g/mol. The number of rotatable bonds is 9. The summed E-state index contributed by atoms with van der Waals surface area (Å²) >= 11 is 0. The number of hydrogen-bond donors (Lipinski definition) is 4. The molecule has 0 radical (unpaired) electrons. The quantitative estimate of drug-likeness (QED) is 0.290. The zero-order valence-electron chi connectivity index (χ0n) is 16.8. The average molecular weight is 465 g/mol. The normalized spacial score (nSPS) is 11.2. The zero-order valence-corrected chi connectivity index (χ0v) is 17.6. The highest BCUT2D eigenvalue weighted by Gasteiger charge is 2.24. The first kappa shape index (κ1) is 29.8. The van der Waals surface area contributed by atoms with Crippen LogP contribution in [-0.4, -0.2) is 66.5 Å². The van der Waals surface area contributed by atoms with Crippen molar-refractivity contribution in [3.8, 4) is 0 Å². The average Bonchev–Trinajstić information content (AvgIpc) is 2.72. The lowest BCUT2D eigenvalue weighted by atomic mass is 10.2. The van der Waals surface area contributed by atoms with Crippen molar-refractivity contribution in [3.63, 3.8) is 0 Å². The van der Waals surface area contributed by atoms with Crippen LogP contribution in [0.4, 0.5) is 4.79 Å². The second kappa shape index (κ2) is 16.4. The number of aliphatic carboxylic acids is 2. The van der Waals surface area contributed by atoms with Gasteiger partial charge in [-0.15, -0.1) is 12.4 Å². The van der Waals surface area contributed by atoms with E-state index in [1.807, 2.05) is 6.07 Å². The summed E-state index contributed by atoms with van der Waals surface area (Å²) in [6.07, 6.45) is -1.66. The van der Waals surface area contributed by atoms with Gasteiger partial charge >= 0.3 is 30.0 Å². The number of methoxy groups -OCH3 is 2. The van der Waals surface area contributed by atoms with Gasteiger partial charge in [-0.25, -0.2) is 9.59 Å². The molecule has 13 heteroatoms. The lowest BCUT2D eigenvalue weighted by Gasteiger charge is -2.13. The molecule has 0 bridgehead atoms. The molecule has 1 aromatic rings. The summed E-state index contributed by atoms with van der Waals surface area (Å²) in [5.41, 5.74) is 5.76. The van der Waals surface area contributed by atoms with Crippen LogP contribution >= 0.6 is 12.4 Å². The van der Waals surface area contributed by atoms with Crippen LogP contribution in [0.25, 0.3) is 0 Å². The van der Waals surface area contributed by atoms with Gasteiger partial charge in [-0.2, -0.15) is 0 Å². The fourth-order valence-electron chi connectivity index (χ4n) is 1.71. The van der Waals surface area contributed by atoms with Crippen molar-refractivity contribution >= 4 is 42.4 Å². The number of amides is 1. The Morgan fingerprint density at radius 2 is 1.45 bits per heavy atom. The molecule has 5 N–H and O–H groups in total. The third kappa shape index (κ3) is 14.3. The molecule has 0 aliphatic rings. The maximum absolute atomic E-state index is 11.5. The molecule has 12 nitrogen and oxygen atoms in total. The van der Waals surface area contributed by atoms with Crippen molar-refractivity contribution < 1.29 is 48.4 Å². The largest absolute Gasteiger partial charge is 0.480 e. The summed E-state index contributed by atoms with van der Waals surface area (Å²) in [6.45, 7) is 0.0111. The predicted molar refractivity (Wildman–Crippen MR) is 107 cm³/mol. The van der Waals surface area contributed by atoms with E-state index in [1.165, 1.54) is 7.11 Å². The number of halogens is 1. The topological polar surface area (TPSA) is 192 Å². The Bertz CT molecular complexity index is 729. The van der Waals surface area contributed by atoms with Crippen LogP contribution in [0, 0.1) is 0 Å². The molecule has 0 saturated carbocycles. The molecule has 0 unspecified atom stereocenters. The third-order valence-corrected chi connectivity index (χ3v) is 3.33. The lowest BCUT2D eigenvalue weighted by Crippen LogP contribution is -2.42. The Balaban J connectivity index is 0. The second-order valence-corrected chi connectivity index (χ2v) is 5.60. The van der Waals surface area contributed by atoms with E-state index in [-0.39, 0.29) is 25.4 Å². The third-order valence-electron chi connectivity index (χ3n) is 3.33. The fourth-order valence-corrected chi connectivity index (χ4v) is 1.71. The van der Waals surface area contributed by atoms with Crippen LogP contribution in [0.2, 0.25) is 0 Å². The van der Waals surface area contributed by atoms with Gasteiger partial charge in [0.15, 0.2) is 0 Å². The molecule has 174 valence electrons. The molecule has 1 rings (SSSR count). The Morgan fingerprint density at radius 1 is 0.935 bits per heavy atom. The SMILES string of the molecule is COC(=O)C[C@H](N)C(=O)O.COC(=O)C[C@H](NC(=O)OCc1ccccc1)C(=O)O.Cl. The van der Waals surface area contributed by atoms with Gasteiger partial charge in [0.25, 0.3) is 0 Å². The minimum absolute atomic E-state index is 0. The van der Waals surface area contributed by atoms with Crippen LogP contribution in [-0.2, 0) is 40.0 Å². The number of carbonyl (C=O) groups excluding carboxylic acids is 3. The van der Waals surface area contributed by atoms with Crippen LogP contribution in [0.3, 0.4) is 0 Å². The molecule has 0 aliphatic carbocycles. The maximum Gasteiger partial charge on any atom is 0.408 e. The molecule has 1 amide bonds. The van der Waals surface area contributed by atoms with Crippen molar-refractivity contribution in [3.05, 3.63) is 35.9 Å². The van der Waals surface area contributed by atoms with E-state index in [4.69, 9.17) is 20.7 Å². The Labute approximate surface area is 184 Å². The van der Waals surface area contributed by atoms with E-state index in [2.05, 4.69) is 14.8 Å². The predicted octanol–water partition coefficient (Wildman–Crippen LogP) is 0.312. The maximum atomic E-state index is 11.5. The first-order valence-corrected chi connectivity index (χ1v) is 8.42. The molecular weight excluding hydrogens is 440 g/mol. The zero-order chi connectivity index (χ0) is 23.1. The van der Waals surface area contributed by atoms with Crippen molar-refractivity contribution in [2.45, 2.75) is 31.5 Å². The van der Waals surface area contributed by atoms with Gasteiger partial charge < -0.3 is 35.5 Å². The van der Waals surface area contributed by atoms with Gasteiger partial charge in [-0.1, -0.05) is 30.3 Å². The summed E-state index contributed by atoms with van der Waals surface area (Å²) < 4.78 is 13.4. The number of benzene rings is 1. The number of ether oxygens (including phenoxy) is 3. The number of carbonyl (C=O) groups is 5. The summed E-state index contributed by atoms with van der Waals surface area (Å²) in [5, 5.41) is 19.2. The van der Waals surface area contributed by atoms with Gasteiger partial charge in [-0.3, -0.25) is 14.4 Å². The number of esters is 2. The summed E-state index contributed by atoms with van der Waals surface area (Å²) in [6, 6.07) is 6.37. The van der Waals surface area contributed by atoms with Gasteiger partial charge in [0.1, 0.15) is 18.7 Å². The van der Waals surface area contributed by atoms with E-state index in [0.29, 0.717) is 0 Å². The van der Waals surface area contributed by atoms with Crippen LogP contribution < -0.4 is 11.1 Å². The molecule has 0 spiro atoms. The summed E-state index contributed by atoms with van der Waals surface area (Å²) in [7, 11) is 2.31. The van der Waals surface area contributed by atoms with E-state index in [0.717, 1.165) is 12.7 Å². The summed E-state index contributed by atoms with van der Waals surface area (Å²) in [5.74, 6) is -3.90. The van der Waals surface area contributed by atoms with Gasteiger partial charge in [0.2, 0.25) is 0 Å². The molecular formula is C18H25ClN2O10. The Kier molecular flexibility index (Phi) is 15.8. The Hall–Kier alpha value is -3.38. The van der Waals surface area contributed by atoms with Gasteiger partial charge in [0, 0.05) is 0 Å². The number of nitrogens with one attached hydrogen (secondary N) is 1. The molecule has 0 fully saturated rings. The van der Waals surface area contributed by atoms with Crippen LogP contribution in [0.15, 0.2) is 30.3 Å². The van der Waals surface area contributed by atoms with Crippen molar-refractivity contribution in [1.29, 1.82) is 0 Å². The van der Waals surface area contributed by atoms with Crippen molar-refractivity contribution in [2.24, 2.45) is 5.73 Å². The van der Waals surface area contributed by atoms with Crippen molar-refractivity contribution in [2.75, 3.05) is 14.2 Å².